The minimum absolute atomic E-state index is 0.00578. The molecule has 6 unspecified atom stereocenters. The first-order valence-corrected chi connectivity index (χ1v) is 25.3. The maximum absolute atomic E-state index is 12.8. The van der Waals surface area contributed by atoms with E-state index < -0.39 is 75.7 Å². The number of esters is 2. The van der Waals surface area contributed by atoms with Gasteiger partial charge in [0, 0.05) is 12.8 Å². The van der Waals surface area contributed by atoms with Gasteiger partial charge in [-0.2, -0.15) is 0 Å². The summed E-state index contributed by atoms with van der Waals surface area (Å²) in [5, 5.41) is 50.1. The first-order valence-electron chi connectivity index (χ1n) is 23.8. The number of ether oxygens (including phenoxy) is 2. The van der Waals surface area contributed by atoms with Gasteiger partial charge in [-0.25, -0.2) is 4.57 Å². The molecule has 1 saturated carbocycles. The van der Waals surface area contributed by atoms with Crippen molar-refractivity contribution in [1.29, 1.82) is 0 Å². The summed E-state index contributed by atoms with van der Waals surface area (Å²) in [6, 6.07) is 0. The highest BCUT2D eigenvalue weighted by atomic mass is 31.2. The molecule has 1 rings (SSSR count). The molecule has 1 aliphatic rings. The van der Waals surface area contributed by atoms with E-state index in [-0.39, 0.29) is 12.8 Å². The molecule has 61 heavy (non-hydrogen) atoms. The Bertz CT molecular complexity index is 1210. The molecule has 0 radical (unpaired) electrons. The number of allylic oxidation sites excluding steroid dienone is 6. The first-order chi connectivity index (χ1) is 29.4. The van der Waals surface area contributed by atoms with E-state index in [1.807, 2.05) is 18.2 Å². The van der Waals surface area contributed by atoms with Crippen molar-refractivity contribution in [3.63, 3.8) is 0 Å². The fourth-order valence-corrected chi connectivity index (χ4v) is 8.08. The van der Waals surface area contributed by atoms with Gasteiger partial charge in [0.1, 0.15) is 43.2 Å². The zero-order chi connectivity index (χ0) is 45.0. The Balaban J connectivity index is 2.49. The van der Waals surface area contributed by atoms with Crippen molar-refractivity contribution in [1.82, 2.24) is 0 Å². The lowest BCUT2D eigenvalue weighted by molar-refractivity contribution is -0.220. The second-order valence-electron chi connectivity index (χ2n) is 16.6. The van der Waals surface area contributed by atoms with Crippen molar-refractivity contribution in [3.8, 4) is 0 Å². The Hall–Kier alpha value is -1.93. The number of hydrogen-bond donors (Lipinski definition) is 6. The number of unbranched alkanes of at least 4 members (excludes halogenated alkanes) is 21. The number of carbonyl (C=O) groups is 2. The van der Waals surface area contributed by atoms with Crippen LogP contribution in [0.5, 0.6) is 0 Å². The van der Waals surface area contributed by atoms with Crippen molar-refractivity contribution < 1.29 is 63.1 Å². The van der Waals surface area contributed by atoms with Crippen LogP contribution in [0.4, 0.5) is 0 Å². The SMILES string of the molecule is CCCCCCCCCCC/C=C/C/C=C/CCCC(=O)OC[C@@H](COP(=O)(O)OC1C(O)C(O)C(O)[C@H](O)C1O)OC(=O)CC/C=C/CCCCCCCCCCCCC. The number of aliphatic hydroxyl groups is 5. The van der Waals surface area contributed by atoms with E-state index in [2.05, 4.69) is 32.1 Å². The Morgan fingerprint density at radius 2 is 0.918 bits per heavy atom. The van der Waals surface area contributed by atoms with E-state index in [4.69, 9.17) is 18.5 Å². The van der Waals surface area contributed by atoms with Gasteiger partial charge in [-0.15, -0.1) is 0 Å². The molecule has 1 aliphatic carbocycles. The Kier molecular flexibility index (Phi) is 35.0. The van der Waals surface area contributed by atoms with Crippen LogP contribution in [-0.2, 0) is 32.7 Å². The lowest BCUT2D eigenvalue weighted by Crippen LogP contribution is -2.64. The highest BCUT2D eigenvalue weighted by molar-refractivity contribution is 7.47. The molecule has 0 saturated heterocycles. The number of carbonyl (C=O) groups excluding carboxylic acids is 2. The van der Waals surface area contributed by atoms with Crippen LogP contribution < -0.4 is 0 Å². The van der Waals surface area contributed by atoms with Gasteiger partial charge in [-0.1, -0.05) is 166 Å². The van der Waals surface area contributed by atoms with E-state index in [0.29, 0.717) is 19.3 Å². The zero-order valence-corrected chi connectivity index (χ0v) is 38.6. The van der Waals surface area contributed by atoms with Gasteiger partial charge in [-0.3, -0.25) is 18.6 Å². The summed E-state index contributed by atoms with van der Waals surface area (Å²) in [5.74, 6) is -1.21. The van der Waals surface area contributed by atoms with E-state index in [1.165, 1.54) is 116 Å². The first kappa shape index (κ1) is 57.1. The quantitative estimate of drug-likeness (QED) is 0.0147. The lowest BCUT2D eigenvalue weighted by atomic mass is 9.85. The monoisotopic (exact) mass is 889 g/mol. The normalized spacial score (nSPS) is 22.3. The van der Waals surface area contributed by atoms with Gasteiger partial charge in [0.05, 0.1) is 6.61 Å². The second kappa shape index (κ2) is 37.4. The average Bonchev–Trinajstić information content (AvgIpc) is 3.24. The van der Waals surface area contributed by atoms with Crippen LogP contribution in [0.15, 0.2) is 36.5 Å². The molecule has 0 bridgehead atoms. The molecule has 6 N–H and O–H groups in total. The zero-order valence-electron chi connectivity index (χ0n) is 37.7. The molecule has 0 amide bonds. The van der Waals surface area contributed by atoms with Crippen molar-refractivity contribution in [2.24, 2.45) is 0 Å². The van der Waals surface area contributed by atoms with Gasteiger partial charge < -0.3 is 39.9 Å². The molecule has 13 nitrogen and oxygen atoms in total. The van der Waals surface area contributed by atoms with E-state index in [0.717, 1.165) is 32.1 Å². The smallest absolute Gasteiger partial charge is 0.462 e. The third-order valence-electron chi connectivity index (χ3n) is 11.0. The molecule has 14 heteroatoms. The summed E-state index contributed by atoms with van der Waals surface area (Å²) < 4.78 is 33.4. The molecule has 0 aromatic carbocycles. The molecule has 0 aromatic rings. The van der Waals surface area contributed by atoms with Crippen LogP contribution in [0.25, 0.3) is 0 Å². The third-order valence-corrected chi connectivity index (χ3v) is 12.0. The number of aliphatic hydroxyl groups excluding tert-OH is 5. The van der Waals surface area contributed by atoms with Crippen LogP contribution in [-0.4, -0.2) is 98.3 Å². The van der Waals surface area contributed by atoms with Gasteiger partial charge in [0.15, 0.2) is 6.10 Å². The topological polar surface area (TPSA) is 210 Å². The molecule has 0 aliphatic heterocycles. The Morgan fingerprint density at radius 3 is 1.41 bits per heavy atom. The molecule has 0 aromatic heterocycles. The number of phosphoric ester groups is 1. The van der Waals surface area contributed by atoms with Crippen LogP contribution >= 0.6 is 7.82 Å². The fourth-order valence-electron chi connectivity index (χ4n) is 7.11. The van der Waals surface area contributed by atoms with Gasteiger partial charge in [-0.05, 0) is 51.4 Å². The number of hydrogen-bond acceptors (Lipinski definition) is 12. The van der Waals surface area contributed by atoms with Crippen LogP contribution in [0.3, 0.4) is 0 Å². The highest BCUT2D eigenvalue weighted by Gasteiger charge is 2.51. The predicted molar refractivity (Wildman–Crippen MR) is 240 cm³/mol. The number of rotatable bonds is 39. The van der Waals surface area contributed by atoms with Crippen molar-refractivity contribution in [3.05, 3.63) is 36.5 Å². The molecule has 1 fully saturated rings. The summed E-state index contributed by atoms with van der Waals surface area (Å²) in [7, 11) is -5.13. The summed E-state index contributed by atoms with van der Waals surface area (Å²) in [5.41, 5.74) is 0. The molecular weight excluding hydrogens is 803 g/mol. The average molecular weight is 889 g/mol. The highest BCUT2D eigenvalue weighted by Crippen LogP contribution is 2.47. The maximum Gasteiger partial charge on any atom is 0.472 e. The van der Waals surface area contributed by atoms with E-state index in [1.54, 1.807) is 0 Å². The minimum atomic E-state index is -5.13. The molecule has 356 valence electrons. The molecule has 8 atom stereocenters. The lowest BCUT2D eigenvalue weighted by Gasteiger charge is -2.41. The summed E-state index contributed by atoms with van der Waals surface area (Å²) in [6.07, 6.45) is 29.4. The summed E-state index contributed by atoms with van der Waals surface area (Å²) in [4.78, 5) is 35.6. The van der Waals surface area contributed by atoms with E-state index >= 15 is 0 Å². The molecular formula is C47H85O13P. The second-order valence-corrected chi connectivity index (χ2v) is 18.0. The fraction of sp³-hybridized carbons (Fsp3) is 0.830. The predicted octanol–water partition coefficient (Wildman–Crippen LogP) is 9.39. The van der Waals surface area contributed by atoms with Crippen LogP contribution in [0.2, 0.25) is 0 Å². The van der Waals surface area contributed by atoms with Crippen LogP contribution in [0, 0.1) is 0 Å². The van der Waals surface area contributed by atoms with Gasteiger partial charge in [0.25, 0.3) is 0 Å². The standard InChI is InChI=1S/C47H85O13P/c1-3-5-7-9-11-13-15-17-19-20-22-23-25-27-29-31-33-35-40(48)57-37-39(38-58-61(55,56)60-47-45(53)43(51)42(50)44(52)46(47)54)59-41(49)36-34-32-30-28-26-24-21-18-16-14-12-10-8-6-4-2/h22-23,27,29-30,32,39,42-47,50-54H,3-21,24-26,28,31,33-38H2,1-2H3,(H,55,56)/b23-22+,29-27+,32-30+/t39-,42?,43-,44?,45?,46?,47?/m0/s1. The van der Waals surface area contributed by atoms with E-state index in [9.17, 15) is 44.6 Å². The summed E-state index contributed by atoms with van der Waals surface area (Å²) >= 11 is 0. The summed E-state index contributed by atoms with van der Waals surface area (Å²) in [6.45, 7) is 3.24. The molecule has 0 spiro atoms. The van der Waals surface area contributed by atoms with Crippen molar-refractivity contribution in [2.45, 2.75) is 236 Å². The van der Waals surface area contributed by atoms with Gasteiger partial charge >= 0.3 is 19.8 Å². The maximum atomic E-state index is 12.8. The van der Waals surface area contributed by atoms with Crippen molar-refractivity contribution in [2.75, 3.05) is 13.2 Å². The minimum Gasteiger partial charge on any atom is -0.462 e. The molecule has 0 heterocycles. The largest absolute Gasteiger partial charge is 0.472 e. The van der Waals surface area contributed by atoms with Gasteiger partial charge in [0.2, 0.25) is 0 Å². The van der Waals surface area contributed by atoms with Crippen molar-refractivity contribution >= 4 is 19.8 Å². The third kappa shape index (κ3) is 30.0. The van der Waals surface area contributed by atoms with Crippen LogP contribution in [0.1, 0.15) is 194 Å². The Morgan fingerprint density at radius 1 is 0.508 bits per heavy atom. The Labute approximate surface area is 368 Å². The number of phosphoric acid groups is 1.